The highest BCUT2D eigenvalue weighted by Crippen LogP contribution is 2.33. The van der Waals surface area contributed by atoms with Gasteiger partial charge in [-0.1, -0.05) is 35.9 Å². The van der Waals surface area contributed by atoms with E-state index in [0.717, 1.165) is 19.3 Å². The molecule has 0 spiro atoms. The van der Waals surface area contributed by atoms with E-state index in [1.165, 1.54) is 23.3 Å². The van der Waals surface area contributed by atoms with E-state index in [0.29, 0.717) is 5.82 Å². The summed E-state index contributed by atoms with van der Waals surface area (Å²) in [7, 11) is 0. The third-order valence-corrected chi connectivity index (χ3v) is 3.87. The topological polar surface area (TPSA) is 68.1 Å². The summed E-state index contributed by atoms with van der Waals surface area (Å²) in [6.45, 7) is 0. The van der Waals surface area contributed by atoms with E-state index in [9.17, 15) is 10.1 Å². The summed E-state index contributed by atoms with van der Waals surface area (Å²) < 4.78 is 0. The monoisotopic (exact) mass is 303 g/mol. The molecule has 0 radical (unpaired) electrons. The third kappa shape index (κ3) is 2.97. The number of aryl methyl sites for hydroxylation is 1. The largest absolute Gasteiger partial charge is 0.363 e. The van der Waals surface area contributed by atoms with Crippen LogP contribution in [-0.2, 0) is 6.42 Å². The Kier molecular flexibility index (Phi) is 3.75. The van der Waals surface area contributed by atoms with Crippen molar-refractivity contribution in [3.63, 3.8) is 0 Å². The summed E-state index contributed by atoms with van der Waals surface area (Å²) in [6, 6.07) is 11.0. The number of halogens is 1. The molecule has 1 atom stereocenters. The summed E-state index contributed by atoms with van der Waals surface area (Å²) in [5, 5.41) is 14.3. The van der Waals surface area contributed by atoms with E-state index in [1.807, 2.05) is 12.1 Å². The fourth-order valence-electron chi connectivity index (χ4n) is 2.75. The van der Waals surface area contributed by atoms with Crippen LogP contribution in [0, 0.1) is 10.1 Å². The highest BCUT2D eigenvalue weighted by Gasteiger charge is 2.21. The first-order valence-electron chi connectivity index (χ1n) is 6.80. The summed E-state index contributed by atoms with van der Waals surface area (Å²) in [5.41, 5.74) is 2.49. The fraction of sp³-hybridized carbons (Fsp3) is 0.267. The van der Waals surface area contributed by atoms with Gasteiger partial charge in [0.25, 0.3) is 5.69 Å². The van der Waals surface area contributed by atoms with Crippen LogP contribution in [0.4, 0.5) is 11.5 Å². The predicted octanol–water partition coefficient (Wildman–Crippen LogP) is 4.13. The zero-order valence-electron chi connectivity index (χ0n) is 11.3. The molecule has 6 heteroatoms. The van der Waals surface area contributed by atoms with Gasteiger partial charge in [0.1, 0.15) is 11.0 Å². The molecular weight excluding hydrogens is 290 g/mol. The number of nitro groups is 1. The minimum absolute atomic E-state index is 0.0541. The smallest absolute Gasteiger partial charge is 0.276 e. The zero-order chi connectivity index (χ0) is 14.8. The molecular formula is C15H14ClN3O2. The number of fused-ring (bicyclic) bond motifs is 1. The van der Waals surface area contributed by atoms with Gasteiger partial charge in [0, 0.05) is 0 Å². The van der Waals surface area contributed by atoms with Gasteiger partial charge in [-0.3, -0.25) is 10.1 Å². The van der Waals surface area contributed by atoms with Crippen LogP contribution in [0.2, 0.25) is 5.15 Å². The molecule has 21 heavy (non-hydrogen) atoms. The lowest BCUT2D eigenvalue weighted by atomic mass is 9.88. The standard InChI is InChI=1S/C15H14ClN3O2/c16-14-8-11(19(20)21)9-15(18-14)17-13-7-3-5-10-4-1-2-6-12(10)13/h1-2,4,6,8-9,13H,3,5,7H2,(H,17,18). The molecule has 3 rings (SSSR count). The summed E-state index contributed by atoms with van der Waals surface area (Å²) in [6.07, 6.45) is 3.12. The highest BCUT2D eigenvalue weighted by atomic mass is 35.5. The van der Waals surface area contributed by atoms with Crippen LogP contribution < -0.4 is 5.32 Å². The average Bonchev–Trinajstić information content (AvgIpc) is 2.47. The molecule has 0 aliphatic heterocycles. The van der Waals surface area contributed by atoms with E-state index in [-0.39, 0.29) is 16.9 Å². The first-order valence-corrected chi connectivity index (χ1v) is 7.17. The highest BCUT2D eigenvalue weighted by molar-refractivity contribution is 6.29. The maximum absolute atomic E-state index is 10.9. The Morgan fingerprint density at radius 1 is 1.33 bits per heavy atom. The van der Waals surface area contributed by atoms with Crippen LogP contribution in [-0.4, -0.2) is 9.91 Å². The molecule has 1 N–H and O–H groups in total. The maximum atomic E-state index is 10.9. The SMILES string of the molecule is O=[N+]([O-])c1cc(Cl)nc(NC2CCCc3ccccc32)c1. The predicted molar refractivity (Wildman–Crippen MR) is 81.6 cm³/mol. The normalized spacial score (nSPS) is 17.1. The first kappa shape index (κ1) is 13.8. The van der Waals surface area contributed by atoms with E-state index in [4.69, 9.17) is 11.6 Å². The van der Waals surface area contributed by atoms with Gasteiger partial charge in [-0.15, -0.1) is 0 Å². The van der Waals surface area contributed by atoms with Gasteiger partial charge in [-0.2, -0.15) is 0 Å². The molecule has 0 amide bonds. The number of nitrogens with one attached hydrogen (secondary N) is 1. The molecule has 1 aliphatic carbocycles. The lowest BCUT2D eigenvalue weighted by Crippen LogP contribution is -2.18. The number of anilines is 1. The fourth-order valence-corrected chi connectivity index (χ4v) is 2.95. The van der Waals surface area contributed by atoms with E-state index in [2.05, 4.69) is 22.4 Å². The number of pyridine rings is 1. The molecule has 1 aliphatic rings. The Bertz CT molecular complexity index is 690. The molecule has 0 fully saturated rings. The Balaban J connectivity index is 1.90. The summed E-state index contributed by atoms with van der Waals surface area (Å²) >= 11 is 5.86. The second kappa shape index (κ2) is 5.69. The van der Waals surface area contributed by atoms with Crippen molar-refractivity contribution in [1.82, 2.24) is 4.98 Å². The number of hydrogen-bond acceptors (Lipinski definition) is 4. The molecule has 1 aromatic carbocycles. The number of benzene rings is 1. The molecule has 0 saturated heterocycles. The lowest BCUT2D eigenvalue weighted by Gasteiger charge is -2.26. The maximum Gasteiger partial charge on any atom is 0.276 e. The van der Waals surface area contributed by atoms with Crippen molar-refractivity contribution in [3.05, 3.63) is 62.8 Å². The summed E-state index contributed by atoms with van der Waals surface area (Å²) in [4.78, 5) is 14.6. The number of nitrogens with zero attached hydrogens (tertiary/aromatic N) is 2. The van der Waals surface area contributed by atoms with Crippen LogP contribution >= 0.6 is 11.6 Å². The molecule has 5 nitrogen and oxygen atoms in total. The van der Waals surface area contributed by atoms with Gasteiger partial charge in [0.05, 0.1) is 23.1 Å². The number of aromatic nitrogens is 1. The Morgan fingerprint density at radius 2 is 2.14 bits per heavy atom. The Labute approximate surface area is 127 Å². The Morgan fingerprint density at radius 3 is 2.95 bits per heavy atom. The van der Waals surface area contributed by atoms with Gasteiger partial charge >= 0.3 is 0 Å². The molecule has 2 aromatic rings. The molecule has 1 unspecified atom stereocenters. The minimum atomic E-state index is -0.465. The van der Waals surface area contributed by atoms with Crippen molar-refractivity contribution in [2.24, 2.45) is 0 Å². The van der Waals surface area contributed by atoms with E-state index in [1.54, 1.807) is 0 Å². The quantitative estimate of drug-likeness (QED) is 0.526. The molecule has 0 bridgehead atoms. The van der Waals surface area contributed by atoms with Crippen LogP contribution in [0.1, 0.15) is 30.0 Å². The van der Waals surface area contributed by atoms with E-state index >= 15 is 0 Å². The van der Waals surface area contributed by atoms with E-state index < -0.39 is 4.92 Å². The Hall–Kier alpha value is -2.14. The van der Waals surface area contributed by atoms with Crippen LogP contribution in [0.3, 0.4) is 0 Å². The summed E-state index contributed by atoms with van der Waals surface area (Å²) in [5.74, 6) is 0.441. The number of rotatable bonds is 3. The second-order valence-corrected chi connectivity index (χ2v) is 5.47. The molecule has 0 saturated carbocycles. The lowest BCUT2D eigenvalue weighted by molar-refractivity contribution is -0.384. The van der Waals surface area contributed by atoms with Gasteiger partial charge in [0.2, 0.25) is 0 Å². The van der Waals surface area contributed by atoms with Gasteiger partial charge in [0.15, 0.2) is 0 Å². The van der Waals surface area contributed by atoms with Crippen molar-refractivity contribution in [2.75, 3.05) is 5.32 Å². The van der Waals surface area contributed by atoms with Crippen molar-refractivity contribution >= 4 is 23.1 Å². The van der Waals surface area contributed by atoms with Gasteiger partial charge in [-0.05, 0) is 30.4 Å². The van der Waals surface area contributed by atoms with Crippen LogP contribution in [0.15, 0.2) is 36.4 Å². The second-order valence-electron chi connectivity index (χ2n) is 5.08. The minimum Gasteiger partial charge on any atom is -0.363 e. The van der Waals surface area contributed by atoms with Crippen LogP contribution in [0.25, 0.3) is 0 Å². The van der Waals surface area contributed by atoms with Crippen molar-refractivity contribution in [2.45, 2.75) is 25.3 Å². The van der Waals surface area contributed by atoms with Crippen molar-refractivity contribution in [3.8, 4) is 0 Å². The number of hydrogen-bond donors (Lipinski definition) is 1. The van der Waals surface area contributed by atoms with Crippen LogP contribution in [0.5, 0.6) is 0 Å². The first-order chi connectivity index (χ1) is 10.1. The molecule has 1 heterocycles. The average molecular weight is 304 g/mol. The van der Waals surface area contributed by atoms with Crippen molar-refractivity contribution < 1.29 is 4.92 Å². The van der Waals surface area contributed by atoms with Gasteiger partial charge < -0.3 is 5.32 Å². The molecule has 108 valence electrons. The van der Waals surface area contributed by atoms with Gasteiger partial charge in [-0.25, -0.2) is 4.98 Å². The zero-order valence-corrected chi connectivity index (χ0v) is 12.0. The molecule has 1 aromatic heterocycles. The third-order valence-electron chi connectivity index (χ3n) is 3.68. The van der Waals surface area contributed by atoms with Crippen molar-refractivity contribution in [1.29, 1.82) is 0 Å².